The summed E-state index contributed by atoms with van der Waals surface area (Å²) in [5.41, 5.74) is 1.46. The number of halogens is 2. The van der Waals surface area contributed by atoms with E-state index in [1.165, 1.54) is 0 Å². The highest BCUT2D eigenvalue weighted by molar-refractivity contribution is 6.31. The lowest BCUT2D eigenvalue weighted by molar-refractivity contribution is -0.122. The molecule has 0 radical (unpaired) electrons. The number of carbonyl (C=O) groups is 1. The molecule has 1 fully saturated rings. The minimum atomic E-state index is -0.457. The van der Waals surface area contributed by atoms with Crippen LogP contribution in [0.2, 0.25) is 10.3 Å². The van der Waals surface area contributed by atoms with Gasteiger partial charge in [0.1, 0.15) is 6.61 Å². The Labute approximate surface area is 161 Å². The highest BCUT2D eigenvalue weighted by Crippen LogP contribution is 2.45. The summed E-state index contributed by atoms with van der Waals surface area (Å²) in [7, 11) is 0. The number of carbonyl (C=O) groups excluding carboxylic acids is 1. The van der Waals surface area contributed by atoms with E-state index in [1.807, 2.05) is 18.2 Å². The van der Waals surface area contributed by atoms with Crippen molar-refractivity contribution in [3.8, 4) is 5.75 Å². The van der Waals surface area contributed by atoms with E-state index in [-0.39, 0.29) is 11.2 Å². The molecule has 2 aliphatic heterocycles. The van der Waals surface area contributed by atoms with Gasteiger partial charge in [0, 0.05) is 17.3 Å². The average molecular weight is 393 g/mol. The topological polar surface area (TPSA) is 67.4 Å². The van der Waals surface area contributed by atoms with Crippen LogP contribution in [-0.4, -0.2) is 47.0 Å². The molecule has 2 aromatic rings. The number of fused-ring (bicyclic) bond motifs is 2. The predicted molar refractivity (Wildman–Crippen MR) is 100.0 cm³/mol. The van der Waals surface area contributed by atoms with Crippen LogP contribution in [0, 0.1) is 0 Å². The summed E-state index contributed by atoms with van der Waals surface area (Å²) in [6.45, 7) is 2.98. The molecule has 0 unspecified atom stereocenters. The largest absolute Gasteiger partial charge is 0.489 e. The van der Waals surface area contributed by atoms with Gasteiger partial charge >= 0.3 is 0 Å². The zero-order chi connectivity index (χ0) is 18.1. The first-order valence-corrected chi connectivity index (χ1v) is 9.27. The molecule has 1 aromatic heterocycles. The van der Waals surface area contributed by atoms with Gasteiger partial charge in [-0.2, -0.15) is 0 Å². The molecule has 1 aromatic carbocycles. The Kier molecular flexibility index (Phi) is 4.73. The summed E-state index contributed by atoms with van der Waals surface area (Å²) in [6, 6.07) is 5.62. The van der Waals surface area contributed by atoms with Gasteiger partial charge in [-0.3, -0.25) is 9.69 Å². The molecule has 0 saturated carbocycles. The van der Waals surface area contributed by atoms with Gasteiger partial charge in [-0.25, -0.2) is 9.97 Å². The van der Waals surface area contributed by atoms with Crippen LogP contribution in [0.4, 0.5) is 5.69 Å². The van der Waals surface area contributed by atoms with Crippen molar-refractivity contribution in [3.05, 3.63) is 46.5 Å². The maximum absolute atomic E-state index is 12.6. The average Bonchev–Trinajstić information content (AvgIpc) is 2.90. The first kappa shape index (κ1) is 17.5. The molecule has 0 atom stereocenters. The molecule has 1 spiro atoms. The number of nitrogens with one attached hydrogen (secondary N) is 1. The summed E-state index contributed by atoms with van der Waals surface area (Å²) in [5, 5.41) is 3.87. The third kappa shape index (κ3) is 3.24. The molecule has 1 amide bonds. The fraction of sp³-hybridized carbons (Fsp3) is 0.389. The van der Waals surface area contributed by atoms with E-state index in [0.717, 1.165) is 43.7 Å². The summed E-state index contributed by atoms with van der Waals surface area (Å²) >= 11 is 11.8. The number of piperidine rings is 1. The van der Waals surface area contributed by atoms with Crippen LogP contribution in [0.3, 0.4) is 0 Å². The van der Waals surface area contributed by atoms with Gasteiger partial charge in [0.15, 0.2) is 5.75 Å². The second-order valence-electron chi connectivity index (χ2n) is 6.60. The second-order valence-corrected chi connectivity index (χ2v) is 7.38. The zero-order valence-electron chi connectivity index (χ0n) is 14.0. The van der Waals surface area contributed by atoms with Gasteiger partial charge in [-0.1, -0.05) is 11.6 Å². The Morgan fingerprint density at radius 1 is 1.19 bits per heavy atom. The minimum absolute atomic E-state index is 0.0870. The number of hydrogen-bond donors (Lipinski definition) is 1. The van der Waals surface area contributed by atoms with Crippen LogP contribution < -0.4 is 10.1 Å². The van der Waals surface area contributed by atoms with E-state index in [1.54, 1.807) is 12.4 Å². The molecular weight excluding hydrogens is 375 g/mol. The van der Waals surface area contributed by atoms with E-state index in [9.17, 15) is 4.79 Å². The molecule has 0 aliphatic carbocycles. The molecule has 0 bridgehead atoms. The smallest absolute Gasteiger partial charge is 0.235 e. The number of benzene rings is 1. The van der Waals surface area contributed by atoms with Crippen LogP contribution in [0.25, 0.3) is 0 Å². The van der Waals surface area contributed by atoms with Crippen molar-refractivity contribution in [2.24, 2.45) is 0 Å². The van der Waals surface area contributed by atoms with Gasteiger partial charge in [-0.05, 0) is 61.3 Å². The van der Waals surface area contributed by atoms with Crippen molar-refractivity contribution in [3.63, 3.8) is 0 Å². The number of anilines is 1. The normalized spacial score (nSPS) is 18.6. The van der Waals surface area contributed by atoms with E-state index < -0.39 is 5.41 Å². The maximum atomic E-state index is 12.6. The van der Waals surface area contributed by atoms with E-state index in [2.05, 4.69) is 20.2 Å². The number of nitrogens with zero attached hydrogens (tertiary/aromatic N) is 3. The Hall–Kier alpha value is -1.89. The fourth-order valence-electron chi connectivity index (χ4n) is 3.71. The van der Waals surface area contributed by atoms with E-state index >= 15 is 0 Å². The van der Waals surface area contributed by atoms with E-state index in [0.29, 0.717) is 17.4 Å². The summed E-state index contributed by atoms with van der Waals surface area (Å²) in [4.78, 5) is 22.7. The van der Waals surface area contributed by atoms with Crippen molar-refractivity contribution < 1.29 is 9.53 Å². The zero-order valence-corrected chi connectivity index (χ0v) is 15.6. The number of rotatable bonds is 4. The lowest BCUT2D eigenvalue weighted by atomic mass is 9.73. The van der Waals surface area contributed by atoms with Crippen molar-refractivity contribution in [1.29, 1.82) is 0 Å². The highest BCUT2D eigenvalue weighted by atomic mass is 35.5. The Bertz CT molecular complexity index is 820. The van der Waals surface area contributed by atoms with Crippen LogP contribution >= 0.6 is 23.2 Å². The predicted octanol–water partition coefficient (Wildman–Crippen LogP) is 3.15. The molecule has 136 valence electrons. The number of ether oxygens (including phenoxy) is 1. The lowest BCUT2D eigenvalue weighted by Crippen LogP contribution is -2.47. The molecular formula is C18H18Cl2N4O2. The van der Waals surface area contributed by atoms with Crippen LogP contribution in [0.1, 0.15) is 18.4 Å². The molecule has 26 heavy (non-hydrogen) atoms. The molecule has 1 N–H and O–H groups in total. The van der Waals surface area contributed by atoms with Crippen LogP contribution in [-0.2, 0) is 10.2 Å². The van der Waals surface area contributed by atoms with Gasteiger partial charge in [0.2, 0.25) is 11.2 Å². The highest BCUT2D eigenvalue weighted by Gasteiger charge is 2.48. The fourth-order valence-corrected chi connectivity index (χ4v) is 3.98. The van der Waals surface area contributed by atoms with Crippen molar-refractivity contribution >= 4 is 34.8 Å². The monoisotopic (exact) mass is 392 g/mol. The molecule has 1 saturated heterocycles. The first-order chi connectivity index (χ1) is 12.6. The maximum Gasteiger partial charge on any atom is 0.235 e. The molecule has 3 heterocycles. The number of likely N-dealkylation sites (tertiary alicyclic amines) is 1. The molecule has 4 rings (SSSR count). The molecule has 6 nitrogen and oxygen atoms in total. The molecule has 8 heteroatoms. The van der Waals surface area contributed by atoms with Gasteiger partial charge in [0.25, 0.3) is 0 Å². The quantitative estimate of drug-likeness (QED) is 0.809. The van der Waals surface area contributed by atoms with E-state index in [4.69, 9.17) is 27.9 Å². The van der Waals surface area contributed by atoms with Crippen molar-refractivity contribution in [1.82, 2.24) is 14.9 Å². The Morgan fingerprint density at radius 3 is 2.65 bits per heavy atom. The minimum Gasteiger partial charge on any atom is -0.489 e. The van der Waals surface area contributed by atoms with Crippen molar-refractivity contribution in [2.45, 2.75) is 18.3 Å². The van der Waals surface area contributed by atoms with Crippen LogP contribution in [0.15, 0.2) is 30.6 Å². The van der Waals surface area contributed by atoms with Crippen LogP contribution in [0.5, 0.6) is 5.75 Å². The third-order valence-corrected chi connectivity index (χ3v) is 5.59. The second kappa shape index (κ2) is 7.02. The van der Waals surface area contributed by atoms with Gasteiger partial charge in [0.05, 0.1) is 17.8 Å². The summed E-state index contributed by atoms with van der Waals surface area (Å²) < 4.78 is 5.65. The molecule has 2 aliphatic rings. The van der Waals surface area contributed by atoms with Gasteiger partial charge < -0.3 is 10.1 Å². The Balaban J connectivity index is 1.35. The van der Waals surface area contributed by atoms with Crippen molar-refractivity contribution in [2.75, 3.05) is 31.6 Å². The number of hydrogen-bond acceptors (Lipinski definition) is 5. The van der Waals surface area contributed by atoms with Gasteiger partial charge in [-0.15, -0.1) is 0 Å². The Morgan fingerprint density at radius 2 is 1.92 bits per heavy atom. The summed E-state index contributed by atoms with van der Waals surface area (Å²) in [5.74, 6) is 0.686. The summed E-state index contributed by atoms with van der Waals surface area (Å²) in [6.07, 6.45) is 4.67. The number of amides is 1. The number of aromatic nitrogens is 2. The lowest BCUT2D eigenvalue weighted by Gasteiger charge is -2.37. The SMILES string of the molecule is O=C1Nc2ccc(Cl)cc2C12CCN(CCOc1cnc(Cl)nc1)CC2. The first-order valence-electron chi connectivity index (χ1n) is 8.51. The third-order valence-electron chi connectivity index (χ3n) is 5.16. The standard InChI is InChI=1S/C18H18Cl2N4O2/c19-12-1-2-15-14(9-12)18(16(25)23-15)3-5-24(6-4-18)7-8-26-13-10-21-17(20)22-11-13/h1-2,9-11H,3-8H2,(H,23,25).